The first-order valence-corrected chi connectivity index (χ1v) is 17.6. The molecule has 0 fully saturated rings. The zero-order valence-corrected chi connectivity index (χ0v) is 45.1. The van der Waals surface area contributed by atoms with Crippen molar-refractivity contribution in [2.75, 3.05) is 5.01 Å². The molecule has 0 atom stereocenters. The van der Waals surface area contributed by atoms with Gasteiger partial charge in [-0.1, -0.05) is 18.2 Å². The molecule has 1 aliphatic heterocycles. The van der Waals surface area contributed by atoms with Gasteiger partial charge in [0.15, 0.2) is 11.6 Å². The number of ketones is 2. The normalized spacial score (nSPS) is 13.6. The van der Waals surface area contributed by atoms with Crippen molar-refractivity contribution in [1.82, 2.24) is 9.78 Å². The van der Waals surface area contributed by atoms with Crippen LogP contribution < -0.4 is 221 Å². The number of hydrogen-bond donors (Lipinski definition) is 1. The molecular formula is C27H18K4N4O16S4. The minimum atomic E-state index is -5.19. The van der Waals surface area contributed by atoms with E-state index in [0.29, 0.717) is 33.8 Å². The van der Waals surface area contributed by atoms with Crippen LogP contribution in [0.4, 0.5) is 5.69 Å². The molecule has 2 heterocycles. The number of amides is 1. The largest absolute Gasteiger partial charge is 1.00 e. The van der Waals surface area contributed by atoms with E-state index in [1.54, 1.807) is 0 Å². The molecule has 270 valence electrons. The van der Waals surface area contributed by atoms with Gasteiger partial charge in [0.25, 0.3) is 5.91 Å². The fourth-order valence-electron chi connectivity index (χ4n) is 4.32. The summed E-state index contributed by atoms with van der Waals surface area (Å²) in [6, 6.07) is 5.86. The molecule has 2 aromatic carbocycles. The number of nitrogens with zero attached hydrogens (tertiary/aromatic N) is 4. The van der Waals surface area contributed by atoms with Crippen molar-refractivity contribution in [3.63, 3.8) is 0 Å². The number of Topliss-reactive ketones (excluding diaryl/α,β-unsaturated/α-hetero) is 2. The average Bonchev–Trinajstić information content (AvgIpc) is 3.57. The van der Waals surface area contributed by atoms with Gasteiger partial charge >= 0.3 is 206 Å². The molecule has 1 aromatic heterocycles. The van der Waals surface area contributed by atoms with Crippen LogP contribution in [0.5, 0.6) is 5.88 Å². The van der Waals surface area contributed by atoms with Gasteiger partial charge < -0.3 is 24.7 Å². The number of aromatic hydroxyl groups is 1. The molecule has 0 bridgehead atoms. The third-order valence-corrected chi connectivity index (χ3v) is 9.27. The topological polar surface area (TPSA) is 302 Å². The van der Waals surface area contributed by atoms with Crippen molar-refractivity contribution >= 4 is 79.3 Å². The van der Waals surface area contributed by atoms with Crippen LogP contribution in [0, 0.1) is 0 Å². The van der Waals surface area contributed by atoms with E-state index in [0.717, 1.165) is 62.4 Å². The van der Waals surface area contributed by atoms with Crippen LogP contribution in [-0.2, 0) is 48.6 Å². The van der Waals surface area contributed by atoms with E-state index in [-0.39, 0.29) is 232 Å². The maximum Gasteiger partial charge on any atom is 1.00 e. The number of carbonyl (C=O) groups excluding carboxylic acids is 3. The van der Waals surface area contributed by atoms with Gasteiger partial charge in [-0.3, -0.25) is 24.5 Å². The summed E-state index contributed by atoms with van der Waals surface area (Å²) < 4.78 is 80.6. The maximum absolute atomic E-state index is 13.3. The Balaban J connectivity index is 0.00000729. The Bertz CT molecular complexity index is 2270. The van der Waals surface area contributed by atoms with Gasteiger partial charge in [-0.15, -0.1) is 0 Å². The van der Waals surface area contributed by atoms with E-state index in [1.165, 1.54) is 18.2 Å². The second kappa shape index (κ2) is 25.8. The minimum absolute atomic E-state index is 0. The molecule has 3 aromatic rings. The molecule has 28 heteroatoms. The van der Waals surface area contributed by atoms with E-state index < -0.39 is 70.5 Å². The van der Waals surface area contributed by atoms with E-state index >= 15 is 0 Å². The number of carbonyl (C=O) groups is 3. The van der Waals surface area contributed by atoms with Crippen molar-refractivity contribution in [2.24, 2.45) is 5.10 Å². The Morgan fingerprint density at radius 3 is 1.78 bits per heavy atom. The van der Waals surface area contributed by atoms with Gasteiger partial charge in [0.05, 0.1) is 56.4 Å². The van der Waals surface area contributed by atoms with Gasteiger partial charge in [-0.05, 0) is 48.6 Å². The standard InChI is InChI=1S/C27H22N4O16S4.4K/c1-14(32)24-18(26(34)30(28-24)20-12-16(48-46-44-36)8-10-22(20)50(38,39)40)6-4-3-5-7-19-25(15(2)33)29-31(27(19)35)21-13-17(49-47-45-37)9-11-23(21)51(41,42)43;;;;/h3-13,34,36-37H,1-2H3,(H,38,39,40)(H,41,42,43);;;;/q;4*+1/p-4. The summed E-state index contributed by atoms with van der Waals surface area (Å²) in [7, 11) is -10.3. The number of hydrogen-bond acceptors (Lipinski definition) is 20. The van der Waals surface area contributed by atoms with E-state index in [9.17, 15) is 55.9 Å². The Morgan fingerprint density at radius 1 is 0.800 bits per heavy atom. The molecule has 0 unspecified atom stereocenters. The molecule has 4 rings (SSSR count). The molecular weight excluding hydrogens is 921 g/mol. The van der Waals surface area contributed by atoms with Gasteiger partial charge in [0.2, 0.25) is 5.88 Å². The number of aromatic nitrogens is 2. The van der Waals surface area contributed by atoms with Crippen LogP contribution in [0.25, 0.3) is 11.8 Å². The Labute approximate surface area is 491 Å². The third-order valence-electron chi connectivity index (χ3n) is 6.36. The molecule has 0 spiro atoms. The van der Waals surface area contributed by atoms with Gasteiger partial charge in [0.1, 0.15) is 31.6 Å². The molecule has 1 aliphatic rings. The number of anilines is 1. The van der Waals surface area contributed by atoms with Crippen LogP contribution in [0.1, 0.15) is 29.9 Å². The fourth-order valence-corrected chi connectivity index (χ4v) is 6.37. The van der Waals surface area contributed by atoms with Crippen molar-refractivity contribution in [3.05, 3.63) is 77.5 Å². The Morgan fingerprint density at radius 2 is 1.31 bits per heavy atom. The summed E-state index contributed by atoms with van der Waals surface area (Å²) in [5, 5.41) is 46.2. The molecule has 20 nitrogen and oxygen atoms in total. The predicted molar refractivity (Wildman–Crippen MR) is 166 cm³/mol. The molecule has 55 heavy (non-hydrogen) atoms. The summed E-state index contributed by atoms with van der Waals surface area (Å²) in [6.07, 6.45) is 6.00. The van der Waals surface area contributed by atoms with Crippen molar-refractivity contribution in [3.8, 4) is 11.6 Å². The second-order valence-electron chi connectivity index (χ2n) is 9.61. The summed E-state index contributed by atoms with van der Waals surface area (Å²) in [6.45, 7) is 2.15. The molecule has 1 N–H and O–H groups in total. The van der Waals surface area contributed by atoms with Crippen LogP contribution in [0.3, 0.4) is 0 Å². The monoisotopic (exact) mass is 938 g/mol. The van der Waals surface area contributed by atoms with Crippen molar-refractivity contribution in [1.29, 1.82) is 0 Å². The van der Waals surface area contributed by atoms with Crippen molar-refractivity contribution < 1.29 is 280 Å². The fraction of sp³-hybridized carbons (Fsp3) is 0.0741. The van der Waals surface area contributed by atoms with Crippen LogP contribution in [0.15, 0.2) is 91.0 Å². The number of allylic oxidation sites excluding steroid dienone is 4. The zero-order chi connectivity index (χ0) is 37.7. The third kappa shape index (κ3) is 15.1. The molecule has 0 saturated carbocycles. The number of rotatable bonds is 15. The molecule has 1 amide bonds. The summed E-state index contributed by atoms with van der Waals surface area (Å²) in [4.78, 5) is 36.4. The van der Waals surface area contributed by atoms with Gasteiger partial charge in [-0.25, -0.2) is 16.8 Å². The molecule has 0 saturated heterocycles. The first kappa shape index (κ1) is 57.0. The van der Waals surface area contributed by atoms with Crippen LogP contribution >= 0.6 is 24.1 Å². The smallest absolute Gasteiger partial charge is 0.744 e. The number of benzene rings is 2. The first-order chi connectivity index (χ1) is 24.0. The quantitative estimate of drug-likeness (QED) is 0.0216. The Kier molecular flexibility index (Phi) is 26.7. The van der Waals surface area contributed by atoms with Crippen molar-refractivity contribution in [2.45, 2.75) is 33.4 Å². The zero-order valence-electron chi connectivity index (χ0n) is 29.3. The Hall–Kier alpha value is 1.98. The first-order valence-electron chi connectivity index (χ1n) is 13.3. The molecule has 0 radical (unpaired) electrons. The minimum Gasteiger partial charge on any atom is -0.744 e. The average molecular weight is 939 g/mol. The van der Waals surface area contributed by atoms with E-state index in [2.05, 4.69) is 28.9 Å². The van der Waals surface area contributed by atoms with Gasteiger partial charge in [-0.2, -0.15) is 28.6 Å². The SMILES string of the molecule is CC(=O)C1=NN(c2cc(SOO[O-])ccc2S(=O)(=O)[O-])C(=O)C1=CC=CC=Cc1c(C(C)=O)nn(-c2cc(SOO[O-])ccc2S(=O)(=O)[O-])c1O.[K+].[K+].[K+].[K+]. The number of hydrazone groups is 1. The summed E-state index contributed by atoms with van der Waals surface area (Å²) >= 11 is 0.663. The molecule has 0 aliphatic carbocycles. The van der Waals surface area contributed by atoms with Crippen LogP contribution in [0.2, 0.25) is 0 Å². The maximum atomic E-state index is 13.3. The second-order valence-corrected chi connectivity index (χ2v) is 13.9. The van der Waals surface area contributed by atoms with E-state index in [1.807, 2.05) is 0 Å². The summed E-state index contributed by atoms with van der Waals surface area (Å²) in [5.74, 6) is -3.24. The van der Waals surface area contributed by atoms with Crippen LogP contribution in [-0.4, -0.2) is 64.0 Å². The van der Waals surface area contributed by atoms with E-state index in [4.69, 9.17) is 0 Å². The van der Waals surface area contributed by atoms with Gasteiger partial charge in [0, 0.05) is 23.6 Å². The predicted octanol–water partition coefficient (Wildman–Crippen LogP) is -11.4. The summed E-state index contributed by atoms with van der Waals surface area (Å²) in [5.41, 5.74) is -2.44.